The second-order valence-electron chi connectivity index (χ2n) is 6.50. The molecule has 0 radical (unpaired) electrons. The van der Waals surface area contributed by atoms with Crippen LogP contribution in [-0.2, 0) is 16.1 Å². The van der Waals surface area contributed by atoms with Crippen molar-refractivity contribution in [3.63, 3.8) is 0 Å². The van der Waals surface area contributed by atoms with E-state index in [1.54, 1.807) is 6.20 Å². The van der Waals surface area contributed by atoms with Crippen LogP contribution in [0, 0.1) is 12.8 Å². The molecule has 25 heavy (non-hydrogen) atoms. The van der Waals surface area contributed by atoms with E-state index in [1.165, 1.54) is 0 Å². The number of hydrogen-bond donors (Lipinski definition) is 2. The number of halogens is 2. The Balaban J connectivity index is 0.00000288. The molecule has 0 aliphatic carbocycles. The molecule has 2 rings (SSSR count). The largest absolute Gasteiger partial charge is 0.346 e. The van der Waals surface area contributed by atoms with E-state index >= 15 is 0 Å². The molecule has 1 aromatic heterocycles. The molecule has 144 valence electrons. The molecule has 3 N–H and O–H groups in total. The van der Waals surface area contributed by atoms with Crippen molar-refractivity contribution in [2.24, 2.45) is 11.7 Å². The first-order valence-electron chi connectivity index (χ1n) is 8.20. The highest BCUT2D eigenvalue weighted by Crippen LogP contribution is 2.19. The molecule has 1 fully saturated rings. The van der Waals surface area contributed by atoms with Crippen LogP contribution in [0.5, 0.6) is 0 Å². The minimum absolute atomic E-state index is 0. The van der Waals surface area contributed by atoms with Crippen molar-refractivity contribution in [1.82, 2.24) is 19.8 Å². The molecule has 1 aromatic rings. The lowest BCUT2D eigenvalue weighted by molar-refractivity contribution is -0.134. The lowest BCUT2D eigenvalue weighted by atomic mass is 10.1. The highest BCUT2D eigenvalue weighted by atomic mass is 35.5. The van der Waals surface area contributed by atoms with Crippen molar-refractivity contribution in [3.05, 3.63) is 18.2 Å². The van der Waals surface area contributed by atoms with E-state index in [2.05, 4.69) is 14.9 Å². The number of carbonyl (C=O) groups is 2. The van der Waals surface area contributed by atoms with Gasteiger partial charge in [-0.3, -0.25) is 9.59 Å². The van der Waals surface area contributed by atoms with Crippen LogP contribution >= 0.6 is 24.8 Å². The van der Waals surface area contributed by atoms with Crippen molar-refractivity contribution < 1.29 is 9.59 Å². The number of rotatable bonds is 6. The molecule has 2 amide bonds. The average Bonchev–Trinajstić information content (AvgIpc) is 3.13. The summed E-state index contributed by atoms with van der Waals surface area (Å²) in [6.07, 6.45) is 5.66. The molecule has 1 saturated heterocycles. The molecule has 1 aliphatic heterocycles. The summed E-state index contributed by atoms with van der Waals surface area (Å²) in [6, 6.07) is -0.420. The van der Waals surface area contributed by atoms with Gasteiger partial charge in [0, 0.05) is 31.5 Å². The maximum absolute atomic E-state index is 12.4. The molecule has 1 unspecified atom stereocenters. The monoisotopic (exact) mass is 393 g/mol. The summed E-state index contributed by atoms with van der Waals surface area (Å²) >= 11 is 0. The zero-order valence-electron chi connectivity index (χ0n) is 15.0. The van der Waals surface area contributed by atoms with Crippen LogP contribution in [0.25, 0.3) is 0 Å². The lowest BCUT2D eigenvalue weighted by Gasteiger charge is -2.26. The quantitative estimate of drug-likeness (QED) is 0.757. The topological polar surface area (TPSA) is 93.2 Å². The molecule has 2 heterocycles. The molecule has 0 saturated carbocycles. The number of carbonyl (C=O) groups excluding carboxylic acids is 2. The molecule has 9 heteroatoms. The number of aryl methyl sites for hydroxylation is 1. The Morgan fingerprint density at radius 3 is 2.64 bits per heavy atom. The third-order valence-electron chi connectivity index (χ3n) is 4.46. The molecule has 0 aromatic carbocycles. The van der Waals surface area contributed by atoms with Gasteiger partial charge in [-0.2, -0.15) is 0 Å². The number of hydrogen-bond acceptors (Lipinski definition) is 4. The Morgan fingerprint density at radius 1 is 1.40 bits per heavy atom. The van der Waals surface area contributed by atoms with Crippen molar-refractivity contribution >= 4 is 36.6 Å². The van der Waals surface area contributed by atoms with E-state index < -0.39 is 6.04 Å². The normalized spacial score (nSPS) is 17.6. The number of nitrogens with two attached hydrogens (primary N) is 1. The first-order chi connectivity index (χ1) is 10.9. The van der Waals surface area contributed by atoms with Gasteiger partial charge in [-0.05, 0) is 25.7 Å². The standard InChI is InChI=1S/C16H27N5O2.2ClH/c1-11(2)15(17)16(23)19-9-14(22)21-7-4-5-13(21)10-20-8-6-18-12(20)3;;/h6,8,11,13,15H,4-5,7,9-10,17H2,1-3H3,(H,19,23);2*1H/t13?,15-;;/m0../s1. The van der Waals surface area contributed by atoms with Gasteiger partial charge < -0.3 is 20.5 Å². The third kappa shape index (κ3) is 6.17. The maximum atomic E-state index is 12.4. The fourth-order valence-electron chi connectivity index (χ4n) is 2.86. The van der Waals surface area contributed by atoms with E-state index in [4.69, 9.17) is 5.73 Å². The smallest absolute Gasteiger partial charge is 0.242 e. The van der Waals surface area contributed by atoms with Crippen LogP contribution < -0.4 is 11.1 Å². The van der Waals surface area contributed by atoms with Gasteiger partial charge >= 0.3 is 0 Å². The van der Waals surface area contributed by atoms with Crippen LogP contribution in [0.2, 0.25) is 0 Å². The fraction of sp³-hybridized carbons (Fsp3) is 0.688. The Kier molecular flexibility index (Phi) is 10.1. The molecule has 0 spiro atoms. The van der Waals surface area contributed by atoms with Gasteiger partial charge in [0.25, 0.3) is 0 Å². The minimum atomic E-state index is -0.578. The number of nitrogens with one attached hydrogen (secondary N) is 1. The summed E-state index contributed by atoms with van der Waals surface area (Å²) in [5.41, 5.74) is 5.79. The molecule has 2 atom stereocenters. The van der Waals surface area contributed by atoms with Crippen LogP contribution in [0.4, 0.5) is 0 Å². The molecular weight excluding hydrogens is 365 g/mol. The number of aromatic nitrogens is 2. The Bertz CT molecular complexity index is 564. The first-order valence-corrected chi connectivity index (χ1v) is 8.20. The van der Waals surface area contributed by atoms with Gasteiger partial charge in [0.2, 0.25) is 11.8 Å². The molecule has 7 nitrogen and oxygen atoms in total. The number of imidazole rings is 1. The van der Waals surface area contributed by atoms with Crippen molar-refractivity contribution in [2.75, 3.05) is 13.1 Å². The van der Waals surface area contributed by atoms with Crippen molar-refractivity contribution in [2.45, 2.75) is 52.2 Å². The number of amides is 2. The van der Waals surface area contributed by atoms with Crippen LogP contribution in [-0.4, -0.2) is 51.4 Å². The predicted molar refractivity (Wildman–Crippen MR) is 102 cm³/mol. The second kappa shape index (κ2) is 10.6. The molecule has 0 bridgehead atoms. The van der Waals surface area contributed by atoms with Gasteiger partial charge in [-0.25, -0.2) is 4.98 Å². The Hall–Kier alpha value is -1.31. The lowest BCUT2D eigenvalue weighted by Crippen LogP contribution is -2.49. The van der Waals surface area contributed by atoms with Crippen LogP contribution in [0.1, 0.15) is 32.5 Å². The average molecular weight is 394 g/mol. The van der Waals surface area contributed by atoms with E-state index in [-0.39, 0.29) is 55.1 Å². The van der Waals surface area contributed by atoms with E-state index in [0.29, 0.717) is 0 Å². The highest BCUT2D eigenvalue weighted by molar-refractivity contribution is 5.87. The van der Waals surface area contributed by atoms with Gasteiger partial charge in [0.1, 0.15) is 5.82 Å². The fourth-order valence-corrected chi connectivity index (χ4v) is 2.86. The van der Waals surface area contributed by atoms with E-state index in [1.807, 2.05) is 31.9 Å². The second-order valence-corrected chi connectivity index (χ2v) is 6.50. The van der Waals surface area contributed by atoms with E-state index in [0.717, 1.165) is 31.8 Å². The zero-order chi connectivity index (χ0) is 17.0. The third-order valence-corrected chi connectivity index (χ3v) is 4.46. The summed E-state index contributed by atoms with van der Waals surface area (Å²) < 4.78 is 2.06. The maximum Gasteiger partial charge on any atom is 0.242 e. The Morgan fingerprint density at radius 2 is 2.08 bits per heavy atom. The summed E-state index contributed by atoms with van der Waals surface area (Å²) in [7, 11) is 0. The first kappa shape index (κ1) is 23.7. The summed E-state index contributed by atoms with van der Waals surface area (Å²) in [4.78, 5) is 30.4. The van der Waals surface area contributed by atoms with Crippen LogP contribution in [0.15, 0.2) is 12.4 Å². The Labute approximate surface area is 161 Å². The van der Waals surface area contributed by atoms with Gasteiger partial charge in [-0.1, -0.05) is 13.8 Å². The highest BCUT2D eigenvalue weighted by Gasteiger charge is 2.29. The van der Waals surface area contributed by atoms with Gasteiger partial charge in [-0.15, -0.1) is 24.8 Å². The van der Waals surface area contributed by atoms with Crippen molar-refractivity contribution in [3.8, 4) is 0 Å². The van der Waals surface area contributed by atoms with Gasteiger partial charge in [0.15, 0.2) is 0 Å². The minimum Gasteiger partial charge on any atom is -0.346 e. The molecular formula is C16H29Cl2N5O2. The number of likely N-dealkylation sites (tertiary alicyclic amines) is 1. The summed E-state index contributed by atoms with van der Waals surface area (Å²) in [5, 5.41) is 2.66. The summed E-state index contributed by atoms with van der Waals surface area (Å²) in [6.45, 7) is 7.22. The summed E-state index contributed by atoms with van der Waals surface area (Å²) in [5.74, 6) is 0.679. The predicted octanol–water partition coefficient (Wildman–Crippen LogP) is 1.13. The SMILES string of the molecule is Cc1nccn1CC1CCCN1C(=O)CNC(=O)[C@@H](N)C(C)C.Cl.Cl. The van der Waals surface area contributed by atoms with Crippen LogP contribution in [0.3, 0.4) is 0 Å². The zero-order valence-corrected chi connectivity index (χ0v) is 16.6. The molecule has 1 aliphatic rings. The van der Waals surface area contributed by atoms with Gasteiger partial charge in [0.05, 0.1) is 12.6 Å². The number of nitrogens with zero attached hydrogens (tertiary/aromatic N) is 3. The van der Waals surface area contributed by atoms with Crippen molar-refractivity contribution in [1.29, 1.82) is 0 Å². The van der Waals surface area contributed by atoms with E-state index in [9.17, 15) is 9.59 Å².